The van der Waals surface area contributed by atoms with Crippen LogP contribution in [0.15, 0.2) is 24.3 Å². The average molecular weight is 180 g/mol. The van der Waals surface area contributed by atoms with Crippen LogP contribution in [0.4, 0.5) is 0 Å². The molecule has 0 saturated heterocycles. The number of hydrogen-bond donors (Lipinski definition) is 1. The van der Waals surface area contributed by atoms with Crippen LogP contribution in [0.5, 0.6) is 0 Å². The minimum absolute atomic E-state index is 0.0316. The van der Waals surface area contributed by atoms with Crippen molar-refractivity contribution in [2.24, 2.45) is 0 Å². The summed E-state index contributed by atoms with van der Waals surface area (Å²) in [4.78, 5) is 15.1. The lowest BCUT2D eigenvalue weighted by atomic mass is 10.1. The van der Waals surface area contributed by atoms with Crippen molar-refractivity contribution in [3.05, 3.63) is 35.4 Å². The SMILES string of the molecule is CC(=O)c1ccc(C(C)OO)cc1. The van der Waals surface area contributed by atoms with Crippen molar-refractivity contribution >= 4 is 5.78 Å². The number of rotatable bonds is 3. The molecule has 1 atom stereocenters. The Labute approximate surface area is 76.9 Å². The summed E-state index contributed by atoms with van der Waals surface area (Å²) in [6.45, 7) is 3.24. The molecule has 1 rings (SSSR count). The van der Waals surface area contributed by atoms with Crippen LogP contribution >= 0.6 is 0 Å². The molecule has 0 bridgehead atoms. The second-order valence-electron chi connectivity index (χ2n) is 2.93. The standard InChI is InChI=1S/C10H12O3/c1-7(11)9-3-5-10(6-4-9)8(2)13-12/h3-6,8,12H,1-2H3. The zero-order valence-electron chi connectivity index (χ0n) is 7.65. The maximum Gasteiger partial charge on any atom is 0.159 e. The van der Waals surface area contributed by atoms with Crippen molar-refractivity contribution in [1.82, 2.24) is 0 Å². The van der Waals surface area contributed by atoms with Crippen LogP contribution in [0, 0.1) is 0 Å². The summed E-state index contributed by atoms with van der Waals surface area (Å²) in [5, 5.41) is 8.40. The van der Waals surface area contributed by atoms with E-state index in [0.717, 1.165) is 5.56 Å². The van der Waals surface area contributed by atoms with Crippen molar-refractivity contribution in [2.75, 3.05) is 0 Å². The highest BCUT2D eigenvalue weighted by molar-refractivity contribution is 5.93. The fourth-order valence-corrected chi connectivity index (χ4v) is 1.05. The summed E-state index contributed by atoms with van der Waals surface area (Å²) in [5.74, 6) is 0.0316. The van der Waals surface area contributed by atoms with Gasteiger partial charge in [-0.05, 0) is 19.4 Å². The molecule has 0 aliphatic heterocycles. The molecule has 0 radical (unpaired) electrons. The van der Waals surface area contributed by atoms with Gasteiger partial charge >= 0.3 is 0 Å². The van der Waals surface area contributed by atoms with Crippen LogP contribution in [-0.2, 0) is 4.89 Å². The summed E-state index contributed by atoms with van der Waals surface area (Å²) >= 11 is 0. The van der Waals surface area contributed by atoms with Gasteiger partial charge in [-0.25, -0.2) is 4.89 Å². The Morgan fingerprint density at radius 3 is 2.31 bits per heavy atom. The van der Waals surface area contributed by atoms with E-state index in [-0.39, 0.29) is 11.9 Å². The second kappa shape index (κ2) is 4.16. The molecule has 0 amide bonds. The highest BCUT2D eigenvalue weighted by Gasteiger charge is 2.05. The number of ketones is 1. The Kier molecular flexibility index (Phi) is 3.17. The molecular formula is C10H12O3. The van der Waals surface area contributed by atoms with E-state index in [1.807, 2.05) is 0 Å². The lowest BCUT2D eigenvalue weighted by molar-refractivity contribution is -0.277. The molecule has 70 valence electrons. The summed E-state index contributed by atoms with van der Waals surface area (Å²) in [6, 6.07) is 6.95. The Hall–Kier alpha value is -1.19. The molecule has 0 heterocycles. The molecule has 3 heteroatoms. The largest absolute Gasteiger partial charge is 0.295 e. The molecule has 13 heavy (non-hydrogen) atoms. The van der Waals surface area contributed by atoms with E-state index in [1.54, 1.807) is 31.2 Å². The van der Waals surface area contributed by atoms with E-state index in [1.165, 1.54) is 6.92 Å². The minimum Gasteiger partial charge on any atom is -0.295 e. The number of carbonyl (C=O) groups excluding carboxylic acids is 1. The van der Waals surface area contributed by atoms with Crippen LogP contribution in [0.1, 0.15) is 35.9 Å². The number of Topliss-reactive ketones (excluding diaryl/α,β-unsaturated/α-hetero) is 1. The van der Waals surface area contributed by atoms with E-state index in [4.69, 9.17) is 5.26 Å². The van der Waals surface area contributed by atoms with Crippen LogP contribution in [-0.4, -0.2) is 11.0 Å². The third-order valence-electron chi connectivity index (χ3n) is 1.94. The maximum atomic E-state index is 10.9. The molecule has 0 aliphatic rings. The van der Waals surface area contributed by atoms with Gasteiger partial charge in [-0.15, -0.1) is 0 Å². The predicted molar refractivity (Wildman–Crippen MR) is 48.6 cm³/mol. The lowest BCUT2D eigenvalue weighted by Crippen LogP contribution is -1.97. The van der Waals surface area contributed by atoms with Gasteiger partial charge in [0.25, 0.3) is 0 Å². The molecule has 0 saturated carbocycles. The first-order chi connectivity index (χ1) is 6.15. The topological polar surface area (TPSA) is 46.5 Å². The number of carbonyl (C=O) groups is 1. The monoisotopic (exact) mass is 180 g/mol. The van der Waals surface area contributed by atoms with Gasteiger partial charge in [0.2, 0.25) is 0 Å². The van der Waals surface area contributed by atoms with Crippen molar-refractivity contribution in [1.29, 1.82) is 0 Å². The van der Waals surface area contributed by atoms with Gasteiger partial charge in [0.15, 0.2) is 5.78 Å². The smallest absolute Gasteiger partial charge is 0.159 e. The summed E-state index contributed by atoms with van der Waals surface area (Å²) in [7, 11) is 0. The van der Waals surface area contributed by atoms with E-state index in [0.29, 0.717) is 5.56 Å². The van der Waals surface area contributed by atoms with Gasteiger partial charge in [-0.3, -0.25) is 10.1 Å². The highest BCUT2D eigenvalue weighted by atomic mass is 17.1. The average Bonchev–Trinajstić information content (AvgIpc) is 2.17. The third kappa shape index (κ3) is 2.37. The van der Waals surface area contributed by atoms with E-state index in [9.17, 15) is 4.79 Å². The third-order valence-corrected chi connectivity index (χ3v) is 1.94. The van der Waals surface area contributed by atoms with Gasteiger partial charge in [0, 0.05) is 5.56 Å². The normalized spacial score (nSPS) is 12.5. The summed E-state index contributed by atoms with van der Waals surface area (Å²) < 4.78 is 0. The predicted octanol–water partition coefficient (Wildman–Crippen LogP) is 2.44. The van der Waals surface area contributed by atoms with Crippen molar-refractivity contribution < 1.29 is 14.9 Å². The quantitative estimate of drug-likeness (QED) is 0.441. The summed E-state index contributed by atoms with van der Waals surface area (Å²) in [5.41, 5.74) is 1.50. The molecule has 0 spiro atoms. The fraction of sp³-hybridized carbons (Fsp3) is 0.300. The second-order valence-corrected chi connectivity index (χ2v) is 2.93. The van der Waals surface area contributed by atoms with Gasteiger partial charge < -0.3 is 0 Å². The highest BCUT2D eigenvalue weighted by Crippen LogP contribution is 2.15. The van der Waals surface area contributed by atoms with Gasteiger partial charge in [0.1, 0.15) is 6.10 Å². The number of benzene rings is 1. The van der Waals surface area contributed by atoms with Gasteiger partial charge in [-0.1, -0.05) is 24.3 Å². The van der Waals surface area contributed by atoms with Crippen LogP contribution < -0.4 is 0 Å². The Bertz CT molecular complexity index is 290. The van der Waals surface area contributed by atoms with Crippen LogP contribution in [0.25, 0.3) is 0 Å². The zero-order chi connectivity index (χ0) is 9.84. The van der Waals surface area contributed by atoms with Gasteiger partial charge in [-0.2, -0.15) is 0 Å². The maximum absolute atomic E-state index is 10.9. The van der Waals surface area contributed by atoms with Gasteiger partial charge in [0.05, 0.1) is 0 Å². The molecule has 0 aromatic heterocycles. The minimum atomic E-state index is -0.360. The van der Waals surface area contributed by atoms with E-state index in [2.05, 4.69) is 4.89 Å². The first kappa shape index (κ1) is 9.89. The fourth-order valence-electron chi connectivity index (χ4n) is 1.05. The van der Waals surface area contributed by atoms with Crippen LogP contribution in [0.2, 0.25) is 0 Å². The van der Waals surface area contributed by atoms with Crippen molar-refractivity contribution in [3.63, 3.8) is 0 Å². The van der Waals surface area contributed by atoms with Crippen LogP contribution in [0.3, 0.4) is 0 Å². The molecule has 3 nitrogen and oxygen atoms in total. The van der Waals surface area contributed by atoms with Crippen molar-refractivity contribution in [2.45, 2.75) is 20.0 Å². The molecule has 1 aromatic rings. The van der Waals surface area contributed by atoms with Crippen molar-refractivity contribution in [3.8, 4) is 0 Å². The first-order valence-electron chi connectivity index (χ1n) is 4.06. The molecule has 1 N–H and O–H groups in total. The summed E-state index contributed by atoms with van der Waals surface area (Å²) in [6.07, 6.45) is -0.360. The first-order valence-corrected chi connectivity index (χ1v) is 4.06. The van der Waals surface area contributed by atoms with E-state index >= 15 is 0 Å². The lowest BCUT2D eigenvalue weighted by Gasteiger charge is -2.07. The Balaban J connectivity index is 2.87. The Morgan fingerprint density at radius 1 is 1.38 bits per heavy atom. The molecule has 0 fully saturated rings. The molecule has 1 unspecified atom stereocenters. The zero-order valence-corrected chi connectivity index (χ0v) is 7.65. The number of hydrogen-bond acceptors (Lipinski definition) is 3. The van der Waals surface area contributed by atoms with E-state index < -0.39 is 0 Å². The molecule has 0 aliphatic carbocycles. The molecule has 1 aromatic carbocycles. The molecular weight excluding hydrogens is 168 g/mol. The Morgan fingerprint density at radius 2 is 1.92 bits per heavy atom.